The highest BCUT2D eigenvalue weighted by molar-refractivity contribution is 5.85. The fraction of sp³-hybridized carbons (Fsp3) is 0.417. The van der Waals surface area contributed by atoms with Crippen LogP contribution in [-0.4, -0.2) is 66.8 Å². The highest BCUT2D eigenvalue weighted by atomic mass is 35.5. The van der Waals surface area contributed by atoms with E-state index in [1.54, 1.807) is 4.90 Å². The minimum atomic E-state index is -0.849. The summed E-state index contributed by atoms with van der Waals surface area (Å²) < 4.78 is 5.76. The van der Waals surface area contributed by atoms with Gasteiger partial charge in [0.2, 0.25) is 0 Å². The van der Waals surface area contributed by atoms with Crippen LogP contribution < -0.4 is 0 Å². The smallest absolute Gasteiger partial charge is 0.409 e. The third kappa shape index (κ3) is 3.48. The van der Waals surface area contributed by atoms with Crippen LogP contribution in [0.4, 0.5) is 4.79 Å². The normalized spacial score (nSPS) is 24.7. The number of hydrogen-bond donors (Lipinski definition) is 1. The summed E-state index contributed by atoms with van der Waals surface area (Å²) in [7, 11) is 2.00. The van der Waals surface area contributed by atoms with Crippen molar-refractivity contribution in [3.05, 3.63) is 59.7 Å². The van der Waals surface area contributed by atoms with Crippen molar-refractivity contribution < 1.29 is 19.4 Å². The molecule has 2 aromatic carbocycles. The summed E-state index contributed by atoms with van der Waals surface area (Å²) in [6.07, 6.45) is 0.158. The van der Waals surface area contributed by atoms with Gasteiger partial charge in [-0.2, -0.15) is 0 Å². The van der Waals surface area contributed by atoms with Crippen molar-refractivity contribution >= 4 is 24.5 Å². The third-order valence-electron chi connectivity index (χ3n) is 7.19. The second-order valence-corrected chi connectivity index (χ2v) is 8.85. The quantitative estimate of drug-likeness (QED) is 0.784. The second kappa shape index (κ2) is 8.17. The lowest BCUT2D eigenvalue weighted by Gasteiger charge is -2.38. The number of aliphatic carboxylic acids is 1. The molecule has 7 heteroatoms. The Hall–Kier alpha value is -2.57. The number of carbonyl (C=O) groups excluding carboxylic acids is 1. The van der Waals surface area contributed by atoms with Gasteiger partial charge in [0, 0.05) is 31.5 Å². The molecule has 1 amide bonds. The van der Waals surface area contributed by atoms with Gasteiger partial charge >= 0.3 is 12.1 Å². The van der Waals surface area contributed by atoms with E-state index < -0.39 is 17.5 Å². The summed E-state index contributed by atoms with van der Waals surface area (Å²) in [5.41, 5.74) is 3.87. The van der Waals surface area contributed by atoms with Crippen LogP contribution in [0.3, 0.4) is 0 Å². The van der Waals surface area contributed by atoms with Crippen LogP contribution in [0, 0.1) is 11.3 Å². The second-order valence-electron chi connectivity index (χ2n) is 8.85. The molecule has 2 unspecified atom stereocenters. The number of halogens is 1. The Morgan fingerprint density at radius 2 is 1.68 bits per heavy atom. The van der Waals surface area contributed by atoms with Crippen LogP contribution in [0.1, 0.15) is 23.5 Å². The van der Waals surface area contributed by atoms with E-state index in [4.69, 9.17) is 4.74 Å². The highest BCUT2D eigenvalue weighted by Gasteiger charge is 2.55. The van der Waals surface area contributed by atoms with E-state index in [0.29, 0.717) is 19.5 Å². The van der Waals surface area contributed by atoms with Crippen molar-refractivity contribution in [2.45, 2.75) is 12.3 Å². The number of likely N-dealkylation sites (tertiary alicyclic amines) is 2. The molecule has 1 N–H and O–H groups in total. The minimum Gasteiger partial charge on any atom is -0.481 e. The van der Waals surface area contributed by atoms with Crippen molar-refractivity contribution in [2.75, 3.05) is 39.8 Å². The Morgan fingerprint density at radius 1 is 1.06 bits per heavy atom. The van der Waals surface area contributed by atoms with Crippen molar-refractivity contribution in [1.82, 2.24) is 9.80 Å². The molecular weight excluding hydrogens is 416 g/mol. The number of carbonyl (C=O) groups is 2. The van der Waals surface area contributed by atoms with E-state index in [9.17, 15) is 14.7 Å². The first kappa shape index (κ1) is 21.7. The lowest BCUT2D eigenvalue weighted by atomic mass is 9.73. The first-order chi connectivity index (χ1) is 14.5. The molecule has 31 heavy (non-hydrogen) atoms. The number of benzene rings is 2. The van der Waals surface area contributed by atoms with E-state index in [-0.39, 0.29) is 37.4 Å². The van der Waals surface area contributed by atoms with Crippen LogP contribution in [-0.2, 0) is 9.53 Å². The molecule has 164 valence electrons. The number of ether oxygens (including phenoxy) is 1. The number of carboxylic acids is 1. The number of rotatable bonds is 3. The number of piperidine rings is 1. The largest absolute Gasteiger partial charge is 0.481 e. The lowest BCUT2D eigenvalue weighted by molar-refractivity contribution is -0.153. The predicted molar refractivity (Wildman–Crippen MR) is 120 cm³/mol. The maximum atomic E-state index is 12.9. The molecule has 3 aliphatic rings. The first-order valence-corrected chi connectivity index (χ1v) is 10.5. The first-order valence-electron chi connectivity index (χ1n) is 10.5. The summed E-state index contributed by atoms with van der Waals surface area (Å²) in [6, 6.07) is 16.5. The van der Waals surface area contributed by atoms with E-state index >= 15 is 0 Å². The average molecular weight is 443 g/mol. The summed E-state index contributed by atoms with van der Waals surface area (Å²) in [4.78, 5) is 28.7. The van der Waals surface area contributed by atoms with Gasteiger partial charge in [0.1, 0.15) is 6.61 Å². The molecule has 2 aliphatic heterocycles. The summed E-state index contributed by atoms with van der Waals surface area (Å²) in [5, 5.41) is 9.91. The zero-order valence-electron chi connectivity index (χ0n) is 17.5. The molecule has 5 rings (SSSR count). The average Bonchev–Trinajstić information content (AvgIpc) is 3.29. The van der Waals surface area contributed by atoms with Gasteiger partial charge in [-0.05, 0) is 42.3 Å². The Kier molecular flexibility index (Phi) is 5.71. The maximum Gasteiger partial charge on any atom is 0.409 e. The number of carboxylic acid groups (broad SMARTS) is 1. The van der Waals surface area contributed by atoms with E-state index in [0.717, 1.165) is 6.54 Å². The van der Waals surface area contributed by atoms with Crippen LogP contribution >= 0.6 is 12.4 Å². The Balaban J connectivity index is 0.00000231. The monoisotopic (exact) mass is 442 g/mol. The van der Waals surface area contributed by atoms with Crippen LogP contribution in [0.5, 0.6) is 0 Å². The molecular formula is C24H27ClN2O4. The molecule has 2 fully saturated rings. The maximum absolute atomic E-state index is 12.9. The van der Waals surface area contributed by atoms with Crippen LogP contribution in [0.2, 0.25) is 0 Å². The molecule has 0 radical (unpaired) electrons. The number of fused-ring (bicyclic) bond motifs is 4. The molecule has 6 nitrogen and oxygen atoms in total. The van der Waals surface area contributed by atoms with Gasteiger partial charge < -0.3 is 19.6 Å². The van der Waals surface area contributed by atoms with Gasteiger partial charge in [-0.15, -0.1) is 12.4 Å². The van der Waals surface area contributed by atoms with Gasteiger partial charge in [0.25, 0.3) is 0 Å². The Morgan fingerprint density at radius 3 is 2.29 bits per heavy atom. The van der Waals surface area contributed by atoms with Gasteiger partial charge in [-0.25, -0.2) is 4.79 Å². The van der Waals surface area contributed by atoms with E-state index in [1.165, 1.54) is 22.3 Å². The number of hydrogen-bond acceptors (Lipinski definition) is 4. The molecule has 0 spiro atoms. The zero-order valence-corrected chi connectivity index (χ0v) is 18.3. The van der Waals surface area contributed by atoms with Gasteiger partial charge in [-0.1, -0.05) is 48.5 Å². The Labute approximate surface area is 188 Å². The van der Waals surface area contributed by atoms with Gasteiger partial charge in [-0.3, -0.25) is 4.79 Å². The molecule has 2 heterocycles. The topological polar surface area (TPSA) is 70.1 Å². The molecule has 0 aromatic heterocycles. The predicted octanol–water partition coefficient (Wildman–Crippen LogP) is 3.70. The standard InChI is InChI=1S/C24H26N2O4.ClH/c1-25-11-10-24(22(27)28)15-26(13-16(24)12-25)23(29)30-14-21-19-8-4-2-6-17(19)18-7-3-5-9-20(18)21;/h2-9,16,21H,10-15H2,1H3,(H,27,28);1H. The zero-order chi connectivity index (χ0) is 20.9. The number of amides is 1. The Bertz CT molecular complexity index is 967. The molecule has 1 aliphatic carbocycles. The van der Waals surface area contributed by atoms with E-state index in [1.807, 2.05) is 31.3 Å². The molecule has 2 aromatic rings. The van der Waals surface area contributed by atoms with Crippen LogP contribution in [0.25, 0.3) is 11.1 Å². The SMILES string of the molecule is CN1CCC2(C(=O)O)CN(C(=O)OCC3c4ccccc4-c4ccccc43)CC2C1.Cl. The van der Waals surface area contributed by atoms with Gasteiger partial charge in [0.05, 0.1) is 5.41 Å². The van der Waals surface area contributed by atoms with E-state index in [2.05, 4.69) is 29.2 Å². The van der Waals surface area contributed by atoms with Crippen molar-refractivity contribution in [3.63, 3.8) is 0 Å². The molecule has 0 bridgehead atoms. The fourth-order valence-electron chi connectivity index (χ4n) is 5.52. The third-order valence-corrected chi connectivity index (χ3v) is 7.19. The highest BCUT2D eigenvalue weighted by Crippen LogP contribution is 2.45. The lowest BCUT2D eigenvalue weighted by Crippen LogP contribution is -2.49. The summed E-state index contributed by atoms with van der Waals surface area (Å²) in [5.74, 6) is -0.852. The van der Waals surface area contributed by atoms with Crippen molar-refractivity contribution in [2.24, 2.45) is 11.3 Å². The van der Waals surface area contributed by atoms with Crippen molar-refractivity contribution in [1.29, 1.82) is 0 Å². The molecule has 2 atom stereocenters. The van der Waals surface area contributed by atoms with Crippen LogP contribution in [0.15, 0.2) is 48.5 Å². The fourth-order valence-corrected chi connectivity index (χ4v) is 5.52. The summed E-state index contributed by atoms with van der Waals surface area (Å²) >= 11 is 0. The minimum absolute atomic E-state index is 0. The summed E-state index contributed by atoms with van der Waals surface area (Å²) in [6.45, 7) is 2.36. The molecule has 2 saturated heterocycles. The number of nitrogens with zero attached hydrogens (tertiary/aromatic N) is 2. The molecule has 0 saturated carbocycles. The van der Waals surface area contributed by atoms with Crippen molar-refractivity contribution in [3.8, 4) is 11.1 Å². The van der Waals surface area contributed by atoms with Gasteiger partial charge in [0.15, 0.2) is 0 Å².